The summed E-state index contributed by atoms with van der Waals surface area (Å²) in [4.78, 5) is 14.6. The van der Waals surface area contributed by atoms with Crippen LogP contribution in [0.15, 0.2) is 15.9 Å². The average molecular weight is 303 g/mol. The molecule has 2 heterocycles. The van der Waals surface area contributed by atoms with E-state index in [-0.39, 0.29) is 5.91 Å². The lowest BCUT2D eigenvalue weighted by molar-refractivity contribution is 0.0788. The van der Waals surface area contributed by atoms with Crippen LogP contribution >= 0.6 is 27.3 Å². The zero-order valence-corrected chi connectivity index (χ0v) is 11.6. The molecular weight excluding hydrogens is 288 g/mol. The van der Waals surface area contributed by atoms with Gasteiger partial charge in [-0.3, -0.25) is 4.79 Å². The molecule has 1 aliphatic rings. The van der Waals surface area contributed by atoms with E-state index in [9.17, 15) is 4.79 Å². The second-order valence-electron chi connectivity index (χ2n) is 4.08. The number of carbonyl (C=O) groups is 1. The van der Waals surface area contributed by atoms with E-state index in [1.165, 1.54) is 24.2 Å². The largest absolute Gasteiger partial charge is 0.339 e. The number of hydrogen-bond donors (Lipinski definition) is 1. The summed E-state index contributed by atoms with van der Waals surface area (Å²) in [5, 5.41) is 3.40. The molecule has 1 N–H and O–H groups in total. The number of halogens is 1. The Morgan fingerprint density at radius 3 is 3.06 bits per heavy atom. The molecule has 5 heteroatoms. The fourth-order valence-corrected chi connectivity index (χ4v) is 3.32. The molecule has 16 heavy (non-hydrogen) atoms. The second-order valence-corrected chi connectivity index (χ2v) is 6.55. The van der Waals surface area contributed by atoms with Crippen molar-refractivity contribution in [3.8, 4) is 0 Å². The minimum absolute atomic E-state index is 0.115. The van der Waals surface area contributed by atoms with Crippen LogP contribution in [0.3, 0.4) is 0 Å². The lowest BCUT2D eigenvalue weighted by Gasteiger charge is -2.20. The van der Waals surface area contributed by atoms with Gasteiger partial charge in [-0.15, -0.1) is 11.3 Å². The van der Waals surface area contributed by atoms with Crippen molar-refractivity contribution in [1.82, 2.24) is 10.2 Å². The van der Waals surface area contributed by atoms with Gasteiger partial charge in [0.2, 0.25) is 0 Å². The molecule has 1 amide bonds. The maximum atomic E-state index is 12.0. The summed E-state index contributed by atoms with van der Waals surface area (Å²) in [6.07, 6.45) is 2.39. The Hall–Kier alpha value is -0.390. The zero-order valence-electron chi connectivity index (χ0n) is 9.20. The van der Waals surface area contributed by atoms with Crippen LogP contribution in [-0.4, -0.2) is 37.0 Å². The van der Waals surface area contributed by atoms with Gasteiger partial charge in [-0.1, -0.05) is 0 Å². The van der Waals surface area contributed by atoms with E-state index in [0.29, 0.717) is 6.04 Å². The van der Waals surface area contributed by atoms with Crippen LogP contribution in [0, 0.1) is 0 Å². The van der Waals surface area contributed by atoms with Gasteiger partial charge in [0.25, 0.3) is 5.91 Å². The predicted molar refractivity (Wildman–Crippen MR) is 70.0 cm³/mol. The van der Waals surface area contributed by atoms with E-state index in [2.05, 4.69) is 21.2 Å². The summed E-state index contributed by atoms with van der Waals surface area (Å²) in [5.41, 5.74) is 0. The van der Waals surface area contributed by atoms with Crippen LogP contribution in [0.25, 0.3) is 0 Å². The fraction of sp³-hybridized carbons (Fsp3) is 0.545. The monoisotopic (exact) mass is 302 g/mol. The SMILES string of the molecule is CN(CC1CCCN1)C(=O)c1ccc(Br)s1. The highest BCUT2D eigenvalue weighted by atomic mass is 79.9. The van der Waals surface area contributed by atoms with Gasteiger partial charge in [0.1, 0.15) is 0 Å². The normalized spacial score (nSPS) is 20.0. The lowest BCUT2D eigenvalue weighted by Crippen LogP contribution is -2.38. The third kappa shape index (κ3) is 2.84. The highest BCUT2D eigenvalue weighted by Crippen LogP contribution is 2.23. The quantitative estimate of drug-likeness (QED) is 0.929. The summed E-state index contributed by atoms with van der Waals surface area (Å²) < 4.78 is 1.00. The van der Waals surface area contributed by atoms with Crippen LogP contribution < -0.4 is 5.32 Å². The Bertz CT molecular complexity index is 374. The first-order chi connectivity index (χ1) is 7.66. The smallest absolute Gasteiger partial charge is 0.263 e. The molecule has 1 unspecified atom stereocenters. The number of nitrogens with one attached hydrogen (secondary N) is 1. The summed E-state index contributed by atoms with van der Waals surface area (Å²) in [5.74, 6) is 0.115. The first-order valence-electron chi connectivity index (χ1n) is 5.41. The fourth-order valence-electron chi connectivity index (χ4n) is 1.94. The van der Waals surface area contributed by atoms with Gasteiger partial charge >= 0.3 is 0 Å². The minimum atomic E-state index is 0.115. The third-order valence-electron chi connectivity index (χ3n) is 2.79. The van der Waals surface area contributed by atoms with E-state index in [0.717, 1.165) is 21.8 Å². The molecule has 1 fully saturated rings. The van der Waals surface area contributed by atoms with E-state index in [1.54, 1.807) is 4.90 Å². The van der Waals surface area contributed by atoms with Crippen LogP contribution in [0.2, 0.25) is 0 Å². The molecule has 1 aromatic heterocycles. The number of amides is 1. The maximum absolute atomic E-state index is 12.0. The number of rotatable bonds is 3. The van der Waals surface area contributed by atoms with Crippen molar-refractivity contribution in [2.24, 2.45) is 0 Å². The molecule has 0 radical (unpaired) electrons. The molecule has 1 atom stereocenters. The van der Waals surface area contributed by atoms with E-state index >= 15 is 0 Å². The van der Waals surface area contributed by atoms with E-state index in [1.807, 2.05) is 19.2 Å². The standard InChI is InChI=1S/C11H15BrN2OS/c1-14(7-8-3-2-6-13-8)11(15)9-4-5-10(12)16-9/h4-5,8,13H,2-3,6-7H2,1H3. The lowest BCUT2D eigenvalue weighted by atomic mass is 10.2. The molecule has 0 aromatic carbocycles. The van der Waals surface area contributed by atoms with E-state index < -0.39 is 0 Å². The first-order valence-corrected chi connectivity index (χ1v) is 7.02. The molecule has 88 valence electrons. The molecule has 2 rings (SSSR count). The molecular formula is C11H15BrN2OS. The molecule has 1 aromatic rings. The number of hydrogen-bond acceptors (Lipinski definition) is 3. The highest BCUT2D eigenvalue weighted by Gasteiger charge is 2.20. The van der Waals surface area contributed by atoms with Crippen LogP contribution in [0.4, 0.5) is 0 Å². The van der Waals surface area contributed by atoms with Crippen molar-refractivity contribution in [3.05, 3.63) is 20.8 Å². The summed E-state index contributed by atoms with van der Waals surface area (Å²) in [6.45, 7) is 1.88. The Balaban J connectivity index is 1.93. The van der Waals surface area contributed by atoms with Gasteiger partial charge in [-0.2, -0.15) is 0 Å². The average Bonchev–Trinajstić information content (AvgIpc) is 2.88. The molecule has 0 spiro atoms. The maximum Gasteiger partial charge on any atom is 0.263 e. The van der Waals surface area contributed by atoms with Gasteiger partial charge in [-0.25, -0.2) is 0 Å². The van der Waals surface area contributed by atoms with Gasteiger partial charge in [-0.05, 0) is 47.4 Å². The molecule has 0 bridgehead atoms. The Kier molecular flexibility index (Phi) is 4.00. The van der Waals surface area contributed by atoms with Crippen molar-refractivity contribution < 1.29 is 4.79 Å². The minimum Gasteiger partial charge on any atom is -0.339 e. The van der Waals surface area contributed by atoms with Gasteiger partial charge in [0.05, 0.1) is 8.66 Å². The zero-order chi connectivity index (χ0) is 11.5. The van der Waals surface area contributed by atoms with Crippen LogP contribution in [-0.2, 0) is 0 Å². The Labute approximate surface area is 108 Å². The van der Waals surface area contributed by atoms with Crippen LogP contribution in [0.5, 0.6) is 0 Å². The van der Waals surface area contributed by atoms with Crippen molar-refractivity contribution in [2.45, 2.75) is 18.9 Å². The Morgan fingerprint density at radius 2 is 2.50 bits per heavy atom. The molecule has 1 saturated heterocycles. The van der Waals surface area contributed by atoms with Crippen molar-refractivity contribution in [3.63, 3.8) is 0 Å². The summed E-state index contributed by atoms with van der Waals surface area (Å²) >= 11 is 4.86. The second kappa shape index (κ2) is 5.29. The Morgan fingerprint density at radius 1 is 1.69 bits per heavy atom. The molecule has 1 aliphatic heterocycles. The van der Waals surface area contributed by atoms with Gasteiger partial charge in [0.15, 0.2) is 0 Å². The van der Waals surface area contributed by atoms with Crippen LogP contribution in [0.1, 0.15) is 22.5 Å². The number of carbonyl (C=O) groups excluding carboxylic acids is 1. The molecule has 0 saturated carbocycles. The van der Waals surface area contributed by atoms with Crippen molar-refractivity contribution in [1.29, 1.82) is 0 Å². The topological polar surface area (TPSA) is 32.3 Å². The number of thiophene rings is 1. The van der Waals surface area contributed by atoms with Crippen molar-refractivity contribution >= 4 is 33.2 Å². The van der Waals surface area contributed by atoms with Gasteiger partial charge in [0, 0.05) is 19.6 Å². The highest BCUT2D eigenvalue weighted by molar-refractivity contribution is 9.11. The number of nitrogens with zero attached hydrogens (tertiary/aromatic N) is 1. The third-order valence-corrected chi connectivity index (χ3v) is 4.40. The molecule has 0 aliphatic carbocycles. The summed E-state index contributed by atoms with van der Waals surface area (Å²) in [6, 6.07) is 4.26. The summed E-state index contributed by atoms with van der Waals surface area (Å²) in [7, 11) is 1.87. The molecule has 3 nitrogen and oxygen atoms in total. The predicted octanol–water partition coefficient (Wildman–Crippen LogP) is 2.33. The van der Waals surface area contributed by atoms with Gasteiger partial charge < -0.3 is 10.2 Å². The first kappa shape index (κ1) is 12.1. The van der Waals surface area contributed by atoms with E-state index in [4.69, 9.17) is 0 Å². The number of likely N-dealkylation sites (N-methyl/N-ethyl adjacent to an activating group) is 1. The van der Waals surface area contributed by atoms with Crippen molar-refractivity contribution in [2.75, 3.05) is 20.1 Å².